The lowest BCUT2D eigenvalue weighted by atomic mass is 9.85. The minimum absolute atomic E-state index is 0.0275. The molecule has 1 fully saturated rings. The SMILES string of the molecule is CC(C)C(CC(=O)NCC(C)(C)N1CCCC1)c1ccc(Cl)cc1. The number of rotatable bonds is 7. The average Bonchev–Trinajstić information content (AvgIpc) is 3.07. The first-order chi connectivity index (χ1) is 11.3. The van der Waals surface area contributed by atoms with Crippen LogP contribution < -0.4 is 5.32 Å². The Morgan fingerprint density at radius 1 is 1.21 bits per heavy atom. The van der Waals surface area contributed by atoms with E-state index in [1.54, 1.807) is 0 Å². The number of nitrogens with one attached hydrogen (secondary N) is 1. The number of benzene rings is 1. The molecule has 2 rings (SSSR count). The first-order valence-electron chi connectivity index (χ1n) is 9.07. The Bertz CT molecular complexity index is 533. The molecule has 1 atom stereocenters. The summed E-state index contributed by atoms with van der Waals surface area (Å²) in [6, 6.07) is 7.88. The van der Waals surface area contributed by atoms with Crippen molar-refractivity contribution in [3.63, 3.8) is 0 Å². The normalized spacial score (nSPS) is 17.2. The molecule has 0 saturated carbocycles. The van der Waals surface area contributed by atoms with Gasteiger partial charge in [-0.05, 0) is 69.3 Å². The van der Waals surface area contributed by atoms with Crippen molar-refractivity contribution in [2.45, 2.75) is 58.4 Å². The summed E-state index contributed by atoms with van der Waals surface area (Å²) < 4.78 is 0. The maximum absolute atomic E-state index is 12.5. The summed E-state index contributed by atoms with van der Waals surface area (Å²) in [6.45, 7) is 11.8. The molecular weight excluding hydrogens is 320 g/mol. The van der Waals surface area contributed by atoms with Crippen LogP contribution in [0.5, 0.6) is 0 Å². The molecule has 1 aromatic rings. The van der Waals surface area contributed by atoms with Crippen molar-refractivity contribution < 1.29 is 4.79 Å². The van der Waals surface area contributed by atoms with Gasteiger partial charge in [0.25, 0.3) is 0 Å². The van der Waals surface area contributed by atoms with E-state index in [0.717, 1.165) is 18.1 Å². The molecule has 0 aromatic heterocycles. The van der Waals surface area contributed by atoms with E-state index < -0.39 is 0 Å². The molecule has 134 valence electrons. The number of likely N-dealkylation sites (tertiary alicyclic amines) is 1. The predicted octanol–water partition coefficient (Wildman–Crippen LogP) is 4.46. The number of carbonyl (C=O) groups is 1. The average molecular weight is 351 g/mol. The van der Waals surface area contributed by atoms with E-state index in [1.165, 1.54) is 18.4 Å². The minimum atomic E-state index is 0.0275. The molecule has 0 radical (unpaired) electrons. The summed E-state index contributed by atoms with van der Waals surface area (Å²) in [5, 5.41) is 3.89. The summed E-state index contributed by atoms with van der Waals surface area (Å²) in [7, 11) is 0. The Kier molecular flexibility index (Phi) is 6.70. The Morgan fingerprint density at radius 2 is 1.79 bits per heavy atom. The zero-order valence-electron chi connectivity index (χ0n) is 15.4. The van der Waals surface area contributed by atoms with E-state index in [0.29, 0.717) is 18.9 Å². The van der Waals surface area contributed by atoms with Crippen LogP contribution >= 0.6 is 11.6 Å². The van der Waals surface area contributed by atoms with Gasteiger partial charge in [0.05, 0.1) is 0 Å². The van der Waals surface area contributed by atoms with E-state index in [1.807, 2.05) is 24.3 Å². The van der Waals surface area contributed by atoms with Crippen LogP contribution in [0.3, 0.4) is 0 Å². The molecule has 1 aromatic carbocycles. The van der Waals surface area contributed by atoms with Gasteiger partial charge in [0.1, 0.15) is 0 Å². The zero-order chi connectivity index (χ0) is 17.7. The number of halogens is 1. The van der Waals surface area contributed by atoms with E-state index in [-0.39, 0.29) is 17.4 Å². The van der Waals surface area contributed by atoms with Crippen LogP contribution in [0.1, 0.15) is 58.4 Å². The van der Waals surface area contributed by atoms with E-state index in [4.69, 9.17) is 11.6 Å². The number of nitrogens with zero attached hydrogens (tertiary/aromatic N) is 1. The molecule has 3 nitrogen and oxygen atoms in total. The third-order valence-electron chi connectivity index (χ3n) is 5.19. The highest BCUT2D eigenvalue weighted by Gasteiger charge is 2.29. The van der Waals surface area contributed by atoms with Gasteiger partial charge in [0, 0.05) is 23.5 Å². The van der Waals surface area contributed by atoms with E-state index >= 15 is 0 Å². The fraction of sp³-hybridized carbons (Fsp3) is 0.650. The molecule has 1 heterocycles. The zero-order valence-corrected chi connectivity index (χ0v) is 16.2. The van der Waals surface area contributed by atoms with Crippen molar-refractivity contribution in [2.75, 3.05) is 19.6 Å². The van der Waals surface area contributed by atoms with Crippen LogP contribution in [0.4, 0.5) is 0 Å². The second-order valence-corrected chi connectivity index (χ2v) is 8.33. The number of amides is 1. The van der Waals surface area contributed by atoms with Crippen LogP contribution in [0, 0.1) is 5.92 Å². The van der Waals surface area contributed by atoms with E-state index in [9.17, 15) is 4.79 Å². The Balaban J connectivity index is 1.92. The molecule has 1 aliphatic heterocycles. The Morgan fingerprint density at radius 3 is 2.33 bits per heavy atom. The van der Waals surface area contributed by atoms with Crippen molar-refractivity contribution in [3.05, 3.63) is 34.9 Å². The molecular formula is C20H31ClN2O. The van der Waals surface area contributed by atoms with Crippen LogP contribution in [0.2, 0.25) is 5.02 Å². The molecule has 1 amide bonds. The Hall–Kier alpha value is -1.06. The maximum atomic E-state index is 12.5. The Labute approximate surface area is 151 Å². The van der Waals surface area contributed by atoms with Crippen LogP contribution in [0.25, 0.3) is 0 Å². The van der Waals surface area contributed by atoms with Gasteiger partial charge in [0.2, 0.25) is 5.91 Å². The molecule has 1 N–H and O–H groups in total. The number of carbonyl (C=O) groups excluding carboxylic acids is 1. The standard InChI is InChI=1S/C20H31ClN2O/c1-15(2)18(16-7-9-17(21)10-8-16)13-19(24)22-14-20(3,4)23-11-5-6-12-23/h7-10,15,18H,5-6,11-14H2,1-4H3,(H,22,24). The first kappa shape index (κ1) is 19.3. The third kappa shape index (κ3) is 5.22. The highest BCUT2D eigenvalue weighted by molar-refractivity contribution is 6.30. The molecule has 0 spiro atoms. The fourth-order valence-corrected chi connectivity index (χ4v) is 3.60. The van der Waals surface area contributed by atoms with Gasteiger partial charge in [-0.15, -0.1) is 0 Å². The van der Waals surface area contributed by atoms with Crippen molar-refractivity contribution in [1.29, 1.82) is 0 Å². The first-order valence-corrected chi connectivity index (χ1v) is 9.44. The van der Waals surface area contributed by atoms with Crippen molar-refractivity contribution in [2.24, 2.45) is 5.92 Å². The lowest BCUT2D eigenvalue weighted by Gasteiger charge is -2.35. The molecule has 24 heavy (non-hydrogen) atoms. The van der Waals surface area contributed by atoms with Gasteiger partial charge in [-0.1, -0.05) is 37.6 Å². The van der Waals surface area contributed by atoms with E-state index in [2.05, 4.69) is 37.9 Å². The van der Waals surface area contributed by atoms with Gasteiger partial charge in [-0.2, -0.15) is 0 Å². The smallest absolute Gasteiger partial charge is 0.220 e. The van der Waals surface area contributed by atoms with Crippen LogP contribution in [-0.2, 0) is 4.79 Å². The van der Waals surface area contributed by atoms with Crippen molar-refractivity contribution in [3.8, 4) is 0 Å². The molecule has 0 aliphatic carbocycles. The predicted molar refractivity (Wildman–Crippen MR) is 102 cm³/mol. The van der Waals surface area contributed by atoms with Gasteiger partial charge in [-0.25, -0.2) is 0 Å². The number of hydrogen-bond donors (Lipinski definition) is 1. The second kappa shape index (κ2) is 8.35. The highest BCUT2D eigenvalue weighted by Crippen LogP contribution is 2.29. The van der Waals surface area contributed by atoms with Gasteiger partial charge < -0.3 is 5.32 Å². The molecule has 0 bridgehead atoms. The maximum Gasteiger partial charge on any atom is 0.220 e. The largest absolute Gasteiger partial charge is 0.354 e. The summed E-state index contributed by atoms with van der Waals surface area (Å²) in [5.74, 6) is 0.761. The minimum Gasteiger partial charge on any atom is -0.354 e. The summed E-state index contributed by atoms with van der Waals surface area (Å²) in [5.41, 5.74) is 1.21. The second-order valence-electron chi connectivity index (χ2n) is 7.89. The lowest BCUT2D eigenvalue weighted by Crippen LogP contribution is -2.50. The highest BCUT2D eigenvalue weighted by atomic mass is 35.5. The fourth-order valence-electron chi connectivity index (χ4n) is 3.47. The quantitative estimate of drug-likeness (QED) is 0.787. The van der Waals surface area contributed by atoms with Crippen molar-refractivity contribution >= 4 is 17.5 Å². The van der Waals surface area contributed by atoms with Crippen LogP contribution in [-0.4, -0.2) is 36.0 Å². The molecule has 1 unspecified atom stereocenters. The molecule has 4 heteroatoms. The summed E-state index contributed by atoms with van der Waals surface area (Å²) in [6.07, 6.45) is 3.06. The molecule has 1 saturated heterocycles. The summed E-state index contributed by atoms with van der Waals surface area (Å²) >= 11 is 5.98. The topological polar surface area (TPSA) is 32.3 Å². The third-order valence-corrected chi connectivity index (χ3v) is 5.44. The van der Waals surface area contributed by atoms with Gasteiger partial charge in [0.15, 0.2) is 0 Å². The van der Waals surface area contributed by atoms with Gasteiger partial charge in [-0.3, -0.25) is 9.69 Å². The lowest BCUT2D eigenvalue weighted by molar-refractivity contribution is -0.122. The molecule has 1 aliphatic rings. The van der Waals surface area contributed by atoms with Gasteiger partial charge >= 0.3 is 0 Å². The van der Waals surface area contributed by atoms with Crippen molar-refractivity contribution in [1.82, 2.24) is 10.2 Å². The monoisotopic (exact) mass is 350 g/mol. The van der Waals surface area contributed by atoms with Crippen LogP contribution in [0.15, 0.2) is 24.3 Å². The number of hydrogen-bond acceptors (Lipinski definition) is 2. The summed E-state index contributed by atoms with van der Waals surface area (Å²) in [4.78, 5) is 15.0.